The van der Waals surface area contributed by atoms with Crippen LogP contribution in [0.15, 0.2) is 30.3 Å². The zero-order valence-electron chi connectivity index (χ0n) is 9.08. The molecule has 82 valence electrons. The molecule has 2 N–H and O–H groups in total. The summed E-state index contributed by atoms with van der Waals surface area (Å²) >= 11 is 0. The van der Waals surface area contributed by atoms with Crippen LogP contribution in [0.3, 0.4) is 0 Å². The van der Waals surface area contributed by atoms with Gasteiger partial charge < -0.3 is 10.6 Å². The standard InChI is InChI=1S/C12H19N3/c1-2-4-12(5-3-1)10-15-9-8-13-6-7-14-11-15/h1-5,13-14H,6-11H2. The minimum Gasteiger partial charge on any atom is -0.314 e. The molecule has 1 aromatic rings. The highest BCUT2D eigenvalue weighted by Gasteiger charge is 2.06. The van der Waals surface area contributed by atoms with Gasteiger partial charge in [-0.15, -0.1) is 0 Å². The van der Waals surface area contributed by atoms with Crippen molar-refractivity contribution in [2.75, 3.05) is 32.8 Å². The zero-order valence-corrected chi connectivity index (χ0v) is 9.08. The van der Waals surface area contributed by atoms with Crippen molar-refractivity contribution < 1.29 is 0 Å². The molecule has 0 amide bonds. The average molecular weight is 205 g/mol. The van der Waals surface area contributed by atoms with Crippen LogP contribution in [0.2, 0.25) is 0 Å². The fourth-order valence-electron chi connectivity index (χ4n) is 1.83. The number of hydrogen-bond donors (Lipinski definition) is 2. The highest BCUT2D eigenvalue weighted by atomic mass is 15.2. The Hall–Kier alpha value is -0.900. The molecule has 1 heterocycles. The van der Waals surface area contributed by atoms with E-state index in [1.807, 2.05) is 0 Å². The monoisotopic (exact) mass is 205 g/mol. The van der Waals surface area contributed by atoms with E-state index in [0.717, 1.165) is 39.4 Å². The van der Waals surface area contributed by atoms with Gasteiger partial charge in [0.15, 0.2) is 0 Å². The molecule has 0 spiro atoms. The van der Waals surface area contributed by atoms with Crippen molar-refractivity contribution in [1.82, 2.24) is 15.5 Å². The van der Waals surface area contributed by atoms with Crippen molar-refractivity contribution in [2.24, 2.45) is 0 Å². The molecule has 1 aliphatic heterocycles. The van der Waals surface area contributed by atoms with E-state index in [9.17, 15) is 0 Å². The van der Waals surface area contributed by atoms with Crippen molar-refractivity contribution in [1.29, 1.82) is 0 Å². The summed E-state index contributed by atoms with van der Waals surface area (Å²) in [4.78, 5) is 2.43. The molecular formula is C12H19N3. The molecule has 0 atom stereocenters. The van der Waals surface area contributed by atoms with Gasteiger partial charge >= 0.3 is 0 Å². The molecule has 2 rings (SSSR count). The Morgan fingerprint density at radius 3 is 2.67 bits per heavy atom. The fraction of sp³-hybridized carbons (Fsp3) is 0.500. The van der Waals surface area contributed by atoms with Crippen molar-refractivity contribution in [3.63, 3.8) is 0 Å². The highest BCUT2D eigenvalue weighted by Crippen LogP contribution is 2.03. The predicted molar refractivity (Wildman–Crippen MR) is 62.6 cm³/mol. The minimum atomic E-state index is 0.997. The number of nitrogens with one attached hydrogen (secondary N) is 2. The molecule has 1 saturated heterocycles. The third kappa shape index (κ3) is 3.63. The molecule has 1 aliphatic rings. The molecular weight excluding hydrogens is 186 g/mol. The third-order valence-electron chi connectivity index (χ3n) is 2.67. The normalized spacial score (nSPS) is 19.5. The molecule has 0 aromatic heterocycles. The molecule has 0 radical (unpaired) electrons. The van der Waals surface area contributed by atoms with Crippen molar-refractivity contribution in [3.05, 3.63) is 35.9 Å². The van der Waals surface area contributed by atoms with Crippen LogP contribution in [0.1, 0.15) is 5.56 Å². The molecule has 15 heavy (non-hydrogen) atoms. The molecule has 0 unspecified atom stereocenters. The third-order valence-corrected chi connectivity index (χ3v) is 2.67. The van der Waals surface area contributed by atoms with E-state index in [1.54, 1.807) is 0 Å². The van der Waals surface area contributed by atoms with Gasteiger partial charge in [0.25, 0.3) is 0 Å². The van der Waals surface area contributed by atoms with Gasteiger partial charge in [-0.25, -0.2) is 0 Å². The van der Waals surface area contributed by atoms with E-state index < -0.39 is 0 Å². The summed E-state index contributed by atoms with van der Waals surface area (Å²) in [6.45, 7) is 6.38. The van der Waals surface area contributed by atoms with Crippen LogP contribution in [-0.4, -0.2) is 37.7 Å². The Morgan fingerprint density at radius 1 is 1.00 bits per heavy atom. The van der Waals surface area contributed by atoms with Crippen LogP contribution in [0, 0.1) is 0 Å². The van der Waals surface area contributed by atoms with E-state index in [4.69, 9.17) is 0 Å². The lowest BCUT2D eigenvalue weighted by Crippen LogP contribution is -2.44. The summed E-state index contributed by atoms with van der Waals surface area (Å²) in [6, 6.07) is 10.6. The lowest BCUT2D eigenvalue weighted by molar-refractivity contribution is 0.233. The summed E-state index contributed by atoms with van der Waals surface area (Å²) in [5, 5.41) is 6.82. The fourth-order valence-corrected chi connectivity index (χ4v) is 1.83. The Morgan fingerprint density at radius 2 is 1.80 bits per heavy atom. The van der Waals surface area contributed by atoms with E-state index in [1.165, 1.54) is 5.56 Å². The van der Waals surface area contributed by atoms with Crippen LogP contribution >= 0.6 is 0 Å². The van der Waals surface area contributed by atoms with Gasteiger partial charge in [0.1, 0.15) is 0 Å². The van der Waals surface area contributed by atoms with Crippen LogP contribution < -0.4 is 10.6 Å². The smallest absolute Gasteiger partial charge is 0.0484 e. The molecule has 1 aromatic carbocycles. The number of hydrogen-bond acceptors (Lipinski definition) is 3. The van der Waals surface area contributed by atoms with Gasteiger partial charge in [-0.2, -0.15) is 0 Å². The Bertz CT molecular complexity index is 265. The lowest BCUT2D eigenvalue weighted by Gasteiger charge is -2.25. The van der Waals surface area contributed by atoms with Gasteiger partial charge in [-0.1, -0.05) is 30.3 Å². The second kappa shape index (κ2) is 5.85. The van der Waals surface area contributed by atoms with Crippen LogP contribution in [0.4, 0.5) is 0 Å². The first-order valence-electron chi connectivity index (χ1n) is 5.63. The maximum absolute atomic E-state index is 3.42. The Balaban J connectivity index is 1.86. The Kier molecular flexibility index (Phi) is 4.14. The van der Waals surface area contributed by atoms with Gasteiger partial charge in [0, 0.05) is 39.4 Å². The summed E-state index contributed by atoms with van der Waals surface area (Å²) in [7, 11) is 0. The first-order chi connectivity index (χ1) is 7.45. The topological polar surface area (TPSA) is 27.3 Å². The van der Waals surface area contributed by atoms with Crippen molar-refractivity contribution in [2.45, 2.75) is 6.54 Å². The molecule has 3 nitrogen and oxygen atoms in total. The molecule has 3 heteroatoms. The number of benzene rings is 1. The van der Waals surface area contributed by atoms with Crippen LogP contribution in [-0.2, 0) is 6.54 Å². The molecule has 0 saturated carbocycles. The van der Waals surface area contributed by atoms with Crippen molar-refractivity contribution >= 4 is 0 Å². The van der Waals surface area contributed by atoms with Crippen LogP contribution in [0.25, 0.3) is 0 Å². The van der Waals surface area contributed by atoms with E-state index in [0.29, 0.717) is 0 Å². The second-order valence-corrected chi connectivity index (χ2v) is 3.95. The number of rotatable bonds is 2. The summed E-state index contributed by atoms with van der Waals surface area (Å²) in [6.07, 6.45) is 0. The first kappa shape index (κ1) is 10.6. The quantitative estimate of drug-likeness (QED) is 0.742. The summed E-state index contributed by atoms with van der Waals surface area (Å²) in [5.74, 6) is 0. The highest BCUT2D eigenvalue weighted by molar-refractivity contribution is 5.14. The SMILES string of the molecule is c1ccc(CN2CCNCCNC2)cc1. The van der Waals surface area contributed by atoms with Gasteiger partial charge in [-0.05, 0) is 5.56 Å². The summed E-state index contributed by atoms with van der Waals surface area (Å²) in [5.41, 5.74) is 1.39. The molecule has 0 aliphatic carbocycles. The van der Waals surface area contributed by atoms with Gasteiger partial charge in [0.05, 0.1) is 0 Å². The Labute approximate surface area is 91.5 Å². The van der Waals surface area contributed by atoms with Crippen LogP contribution in [0.5, 0.6) is 0 Å². The van der Waals surface area contributed by atoms with E-state index in [2.05, 4.69) is 45.9 Å². The molecule has 0 bridgehead atoms. The van der Waals surface area contributed by atoms with Gasteiger partial charge in [0.2, 0.25) is 0 Å². The van der Waals surface area contributed by atoms with Crippen molar-refractivity contribution in [3.8, 4) is 0 Å². The maximum Gasteiger partial charge on any atom is 0.0484 e. The van der Waals surface area contributed by atoms with E-state index in [-0.39, 0.29) is 0 Å². The number of nitrogens with zero attached hydrogens (tertiary/aromatic N) is 1. The zero-order chi connectivity index (χ0) is 10.3. The first-order valence-corrected chi connectivity index (χ1v) is 5.63. The summed E-state index contributed by atoms with van der Waals surface area (Å²) < 4.78 is 0. The molecule has 1 fully saturated rings. The predicted octanol–water partition coefficient (Wildman–Crippen LogP) is 0.639. The van der Waals surface area contributed by atoms with E-state index >= 15 is 0 Å². The maximum atomic E-state index is 3.42. The van der Waals surface area contributed by atoms with Gasteiger partial charge in [-0.3, -0.25) is 4.90 Å². The average Bonchev–Trinajstić information content (AvgIpc) is 2.23. The largest absolute Gasteiger partial charge is 0.314 e. The minimum absolute atomic E-state index is 0.997. The second-order valence-electron chi connectivity index (χ2n) is 3.95. The lowest BCUT2D eigenvalue weighted by atomic mass is 10.2.